The van der Waals surface area contributed by atoms with Crippen LogP contribution in [0.4, 0.5) is 13.2 Å². The van der Waals surface area contributed by atoms with E-state index in [0.717, 1.165) is 23.4 Å². The number of nitrogens with one attached hydrogen (secondary N) is 1. The first-order valence-electron chi connectivity index (χ1n) is 9.98. The first-order valence-corrected chi connectivity index (χ1v) is 10.8. The lowest BCUT2D eigenvalue weighted by atomic mass is 10.1. The molecule has 0 bridgehead atoms. The molecule has 0 saturated heterocycles. The zero-order valence-electron chi connectivity index (χ0n) is 16.9. The van der Waals surface area contributed by atoms with Gasteiger partial charge in [-0.1, -0.05) is 72.4 Å². The SMILES string of the molecule is O=C(NCCc1ccccc1)c1cc(Sc2ccccc2C(F)(F)F)nc2ccccc12. The predicted octanol–water partition coefficient (Wildman–Crippen LogP) is 6.38. The van der Waals surface area contributed by atoms with Gasteiger partial charge in [-0.05, 0) is 36.2 Å². The van der Waals surface area contributed by atoms with Crippen molar-refractivity contribution in [1.82, 2.24) is 10.3 Å². The number of hydrogen-bond acceptors (Lipinski definition) is 3. The Balaban J connectivity index is 1.61. The molecule has 0 aliphatic heterocycles. The van der Waals surface area contributed by atoms with Gasteiger partial charge in [0.05, 0.1) is 16.6 Å². The lowest BCUT2D eigenvalue weighted by molar-refractivity contribution is -0.139. The van der Waals surface area contributed by atoms with Gasteiger partial charge < -0.3 is 5.32 Å². The van der Waals surface area contributed by atoms with Gasteiger partial charge in [-0.25, -0.2) is 4.98 Å². The number of carbonyl (C=O) groups excluding carboxylic acids is 1. The number of halogens is 3. The molecule has 1 N–H and O–H groups in total. The third-order valence-corrected chi connectivity index (χ3v) is 5.88. The van der Waals surface area contributed by atoms with Crippen LogP contribution >= 0.6 is 11.8 Å². The van der Waals surface area contributed by atoms with Gasteiger partial charge >= 0.3 is 6.18 Å². The van der Waals surface area contributed by atoms with Crippen molar-refractivity contribution >= 4 is 28.6 Å². The molecular weight excluding hydrogens is 433 g/mol. The van der Waals surface area contributed by atoms with E-state index in [1.807, 2.05) is 30.3 Å². The molecular formula is C25H19F3N2OS. The highest BCUT2D eigenvalue weighted by Crippen LogP contribution is 2.39. The van der Waals surface area contributed by atoms with Crippen LogP contribution in [0.15, 0.2) is 94.9 Å². The number of fused-ring (bicyclic) bond motifs is 1. The van der Waals surface area contributed by atoms with Crippen LogP contribution in [0.1, 0.15) is 21.5 Å². The smallest absolute Gasteiger partial charge is 0.352 e. The first-order chi connectivity index (χ1) is 15.4. The minimum absolute atomic E-state index is 0.0400. The standard InChI is InChI=1S/C25H19F3N2OS/c26-25(27,28)20-11-5-7-13-22(20)32-23-16-19(18-10-4-6-12-21(18)30-23)24(31)29-15-14-17-8-2-1-3-9-17/h1-13,16H,14-15H2,(H,29,31). The summed E-state index contributed by atoms with van der Waals surface area (Å²) in [4.78, 5) is 17.5. The maximum atomic E-state index is 13.4. The van der Waals surface area contributed by atoms with E-state index in [-0.39, 0.29) is 10.8 Å². The topological polar surface area (TPSA) is 42.0 Å². The highest BCUT2D eigenvalue weighted by molar-refractivity contribution is 7.99. The van der Waals surface area contributed by atoms with Crippen LogP contribution in [0.2, 0.25) is 0 Å². The van der Waals surface area contributed by atoms with E-state index in [1.54, 1.807) is 36.4 Å². The van der Waals surface area contributed by atoms with Crippen LogP contribution in [0.25, 0.3) is 10.9 Å². The Bertz CT molecular complexity index is 1240. The number of benzene rings is 3. The third-order valence-electron chi connectivity index (χ3n) is 4.89. The number of alkyl halides is 3. The zero-order chi connectivity index (χ0) is 22.6. The lowest BCUT2D eigenvalue weighted by Gasteiger charge is -2.13. The van der Waals surface area contributed by atoms with Crippen molar-refractivity contribution in [3.63, 3.8) is 0 Å². The third kappa shape index (κ3) is 5.11. The Morgan fingerprint density at radius 3 is 2.38 bits per heavy atom. The summed E-state index contributed by atoms with van der Waals surface area (Å²) in [6.07, 6.45) is -3.80. The molecule has 7 heteroatoms. The number of aromatic nitrogens is 1. The molecule has 162 valence electrons. The fourth-order valence-corrected chi connectivity index (χ4v) is 4.34. The molecule has 0 aliphatic carbocycles. The maximum absolute atomic E-state index is 13.4. The van der Waals surface area contributed by atoms with Crippen molar-refractivity contribution in [2.45, 2.75) is 22.5 Å². The molecule has 3 aromatic carbocycles. The summed E-state index contributed by atoms with van der Waals surface area (Å²) >= 11 is 0.897. The van der Waals surface area contributed by atoms with Gasteiger partial charge in [-0.3, -0.25) is 4.79 Å². The number of amides is 1. The van der Waals surface area contributed by atoms with E-state index in [1.165, 1.54) is 12.1 Å². The van der Waals surface area contributed by atoms with Crippen LogP contribution in [-0.4, -0.2) is 17.4 Å². The summed E-state index contributed by atoms with van der Waals surface area (Å²) in [5.74, 6) is -0.287. The Morgan fingerprint density at radius 1 is 0.906 bits per heavy atom. The Morgan fingerprint density at radius 2 is 1.59 bits per heavy atom. The minimum atomic E-state index is -4.47. The Hall–Kier alpha value is -3.32. The van der Waals surface area contributed by atoms with Crippen molar-refractivity contribution in [3.8, 4) is 0 Å². The van der Waals surface area contributed by atoms with E-state index < -0.39 is 11.7 Å². The van der Waals surface area contributed by atoms with E-state index in [0.29, 0.717) is 34.5 Å². The molecule has 0 radical (unpaired) electrons. The molecule has 4 aromatic rings. The largest absolute Gasteiger partial charge is 0.417 e. The van der Waals surface area contributed by atoms with Gasteiger partial charge in [0.1, 0.15) is 5.03 Å². The predicted molar refractivity (Wildman–Crippen MR) is 120 cm³/mol. The highest BCUT2D eigenvalue weighted by atomic mass is 32.2. The summed E-state index contributed by atoms with van der Waals surface area (Å²) in [6.45, 7) is 0.443. The monoisotopic (exact) mass is 452 g/mol. The van der Waals surface area contributed by atoms with Crippen molar-refractivity contribution in [3.05, 3.63) is 102 Å². The average molecular weight is 453 g/mol. The number of rotatable bonds is 6. The molecule has 0 fully saturated rings. The molecule has 0 spiro atoms. The molecule has 1 aromatic heterocycles. The second-order valence-corrected chi connectivity index (χ2v) is 8.17. The van der Waals surface area contributed by atoms with Gasteiger partial charge in [-0.2, -0.15) is 13.2 Å². The Labute approximate surface area is 187 Å². The number of hydrogen-bond donors (Lipinski definition) is 1. The van der Waals surface area contributed by atoms with Crippen molar-refractivity contribution in [2.24, 2.45) is 0 Å². The maximum Gasteiger partial charge on any atom is 0.417 e. The number of carbonyl (C=O) groups is 1. The second kappa shape index (κ2) is 9.44. The quantitative estimate of drug-likeness (QED) is 0.369. The van der Waals surface area contributed by atoms with Crippen LogP contribution in [0.3, 0.4) is 0 Å². The average Bonchev–Trinajstić information content (AvgIpc) is 2.79. The Kier molecular flexibility index (Phi) is 6.46. The fraction of sp³-hybridized carbons (Fsp3) is 0.120. The van der Waals surface area contributed by atoms with Gasteiger partial charge in [0.15, 0.2) is 0 Å². The zero-order valence-corrected chi connectivity index (χ0v) is 17.7. The molecule has 0 atom stereocenters. The fourth-order valence-electron chi connectivity index (χ4n) is 3.35. The van der Waals surface area contributed by atoms with Crippen molar-refractivity contribution in [2.75, 3.05) is 6.54 Å². The summed E-state index contributed by atoms with van der Waals surface area (Å²) in [5, 5.41) is 3.89. The molecule has 1 amide bonds. The van der Waals surface area contributed by atoms with Crippen LogP contribution in [0, 0.1) is 0 Å². The van der Waals surface area contributed by atoms with Crippen molar-refractivity contribution in [1.29, 1.82) is 0 Å². The summed E-state index contributed by atoms with van der Waals surface area (Å²) in [6, 6.07) is 23.8. The van der Waals surface area contributed by atoms with Gasteiger partial charge in [0.2, 0.25) is 0 Å². The number of nitrogens with zero attached hydrogens (tertiary/aromatic N) is 1. The van der Waals surface area contributed by atoms with Crippen molar-refractivity contribution < 1.29 is 18.0 Å². The second-order valence-electron chi connectivity index (χ2n) is 7.11. The van der Waals surface area contributed by atoms with Gasteiger partial charge in [0, 0.05) is 16.8 Å². The summed E-state index contributed by atoms with van der Waals surface area (Å²) in [7, 11) is 0. The summed E-state index contributed by atoms with van der Waals surface area (Å²) < 4.78 is 40.2. The highest BCUT2D eigenvalue weighted by Gasteiger charge is 2.33. The molecule has 3 nitrogen and oxygen atoms in total. The molecule has 0 saturated carbocycles. The normalized spacial score (nSPS) is 11.5. The first kappa shape index (κ1) is 21.9. The number of pyridine rings is 1. The molecule has 32 heavy (non-hydrogen) atoms. The number of para-hydroxylation sites is 1. The van der Waals surface area contributed by atoms with Crippen LogP contribution in [-0.2, 0) is 12.6 Å². The van der Waals surface area contributed by atoms with Crippen LogP contribution in [0.5, 0.6) is 0 Å². The van der Waals surface area contributed by atoms with E-state index in [9.17, 15) is 18.0 Å². The van der Waals surface area contributed by atoms with Gasteiger partial charge in [0.25, 0.3) is 5.91 Å². The molecule has 1 heterocycles. The lowest BCUT2D eigenvalue weighted by Crippen LogP contribution is -2.26. The van der Waals surface area contributed by atoms with Crippen LogP contribution < -0.4 is 5.32 Å². The van der Waals surface area contributed by atoms with E-state index in [4.69, 9.17) is 0 Å². The molecule has 0 unspecified atom stereocenters. The minimum Gasteiger partial charge on any atom is -0.352 e. The summed E-state index contributed by atoms with van der Waals surface area (Å²) in [5.41, 5.74) is 1.31. The van der Waals surface area contributed by atoms with Gasteiger partial charge in [-0.15, -0.1) is 0 Å². The van der Waals surface area contributed by atoms with E-state index >= 15 is 0 Å². The molecule has 0 aliphatic rings. The molecule has 4 rings (SSSR count). The van der Waals surface area contributed by atoms with E-state index in [2.05, 4.69) is 10.3 Å².